The fourth-order valence-corrected chi connectivity index (χ4v) is 3.23. The van der Waals surface area contributed by atoms with Crippen molar-refractivity contribution in [3.63, 3.8) is 0 Å². The highest BCUT2D eigenvalue weighted by molar-refractivity contribution is 7.13. The monoisotopic (exact) mass is 295 g/mol. The molecule has 5 nitrogen and oxygen atoms in total. The molecule has 1 aromatic rings. The number of hydrogen-bond acceptors (Lipinski definition) is 4. The van der Waals surface area contributed by atoms with E-state index < -0.39 is 0 Å². The summed E-state index contributed by atoms with van der Waals surface area (Å²) >= 11 is 1.34. The molecular formula is C14H21N3O2S. The zero-order valence-corrected chi connectivity index (χ0v) is 12.6. The average Bonchev–Trinajstić information content (AvgIpc) is 2.84. The molecule has 6 heteroatoms. The molecule has 0 bridgehead atoms. The number of anilines is 1. The van der Waals surface area contributed by atoms with Crippen LogP contribution in [0, 0.1) is 5.92 Å². The SMILES string of the molecule is CC(=O)Nc1nc(CC(=O)NCC2CCCCC2)cs1. The van der Waals surface area contributed by atoms with Crippen LogP contribution in [0.3, 0.4) is 0 Å². The largest absolute Gasteiger partial charge is 0.355 e. The van der Waals surface area contributed by atoms with Crippen LogP contribution in [-0.4, -0.2) is 23.3 Å². The molecule has 1 aliphatic carbocycles. The molecule has 1 aromatic heterocycles. The van der Waals surface area contributed by atoms with Gasteiger partial charge in [0.25, 0.3) is 0 Å². The molecule has 20 heavy (non-hydrogen) atoms. The van der Waals surface area contributed by atoms with Crippen molar-refractivity contribution in [2.75, 3.05) is 11.9 Å². The second-order valence-corrected chi connectivity index (χ2v) is 6.17. The second kappa shape index (κ2) is 7.38. The minimum absolute atomic E-state index is 0.00949. The molecule has 0 aliphatic heterocycles. The quantitative estimate of drug-likeness (QED) is 0.876. The van der Waals surface area contributed by atoms with Gasteiger partial charge in [0.15, 0.2) is 5.13 Å². The Morgan fingerprint density at radius 1 is 1.35 bits per heavy atom. The third-order valence-corrected chi connectivity index (χ3v) is 4.30. The van der Waals surface area contributed by atoms with Gasteiger partial charge in [-0.2, -0.15) is 0 Å². The van der Waals surface area contributed by atoms with E-state index in [0.29, 0.717) is 16.7 Å². The Balaban J connectivity index is 1.73. The molecule has 1 aliphatic rings. The summed E-state index contributed by atoms with van der Waals surface area (Å²) < 4.78 is 0. The molecule has 0 spiro atoms. The summed E-state index contributed by atoms with van der Waals surface area (Å²) in [5.41, 5.74) is 0.708. The summed E-state index contributed by atoms with van der Waals surface area (Å²) in [6.45, 7) is 2.22. The van der Waals surface area contributed by atoms with Crippen LogP contribution in [-0.2, 0) is 16.0 Å². The molecular weight excluding hydrogens is 274 g/mol. The molecule has 1 fully saturated rings. The van der Waals surface area contributed by atoms with Crippen molar-refractivity contribution in [2.24, 2.45) is 5.92 Å². The van der Waals surface area contributed by atoms with E-state index in [0.717, 1.165) is 6.54 Å². The summed E-state index contributed by atoms with van der Waals surface area (Å²) in [6.07, 6.45) is 6.63. The van der Waals surface area contributed by atoms with Crippen LogP contribution >= 0.6 is 11.3 Å². The van der Waals surface area contributed by atoms with E-state index in [1.165, 1.54) is 50.4 Å². The van der Waals surface area contributed by atoms with Gasteiger partial charge in [-0.15, -0.1) is 11.3 Å². The Bertz CT molecular complexity index is 467. The number of rotatable bonds is 5. The summed E-state index contributed by atoms with van der Waals surface area (Å²) in [4.78, 5) is 27.0. The molecule has 0 radical (unpaired) electrons. The van der Waals surface area contributed by atoms with Crippen LogP contribution in [0.2, 0.25) is 0 Å². The van der Waals surface area contributed by atoms with Crippen molar-refractivity contribution < 1.29 is 9.59 Å². The smallest absolute Gasteiger partial charge is 0.226 e. The van der Waals surface area contributed by atoms with Gasteiger partial charge < -0.3 is 10.6 Å². The number of nitrogens with zero attached hydrogens (tertiary/aromatic N) is 1. The lowest BCUT2D eigenvalue weighted by Gasteiger charge is -2.21. The Hall–Kier alpha value is -1.43. The first-order chi connectivity index (χ1) is 9.63. The van der Waals surface area contributed by atoms with Crippen LogP contribution < -0.4 is 10.6 Å². The fourth-order valence-electron chi connectivity index (χ4n) is 2.47. The Morgan fingerprint density at radius 2 is 2.10 bits per heavy atom. The number of hydrogen-bond donors (Lipinski definition) is 2. The van der Waals surface area contributed by atoms with E-state index in [9.17, 15) is 9.59 Å². The predicted octanol–water partition coefficient (Wildman–Crippen LogP) is 2.34. The molecule has 0 unspecified atom stereocenters. The fraction of sp³-hybridized carbons (Fsp3) is 0.643. The summed E-state index contributed by atoms with van der Waals surface area (Å²) in [7, 11) is 0. The summed E-state index contributed by atoms with van der Waals surface area (Å²) in [5, 5.41) is 7.97. The third-order valence-electron chi connectivity index (χ3n) is 3.49. The van der Waals surface area contributed by atoms with Gasteiger partial charge in [0.1, 0.15) is 0 Å². The van der Waals surface area contributed by atoms with Gasteiger partial charge in [-0.3, -0.25) is 9.59 Å². The maximum Gasteiger partial charge on any atom is 0.226 e. The van der Waals surface area contributed by atoms with Crippen LogP contribution in [0.25, 0.3) is 0 Å². The first-order valence-corrected chi connectivity index (χ1v) is 8.00. The van der Waals surface area contributed by atoms with E-state index in [2.05, 4.69) is 15.6 Å². The summed E-state index contributed by atoms with van der Waals surface area (Å²) in [6, 6.07) is 0. The van der Waals surface area contributed by atoms with Gasteiger partial charge in [0, 0.05) is 18.8 Å². The van der Waals surface area contributed by atoms with Gasteiger partial charge in [-0.25, -0.2) is 4.98 Å². The number of amides is 2. The molecule has 0 atom stereocenters. The van der Waals surface area contributed by atoms with Crippen molar-refractivity contribution in [2.45, 2.75) is 45.4 Å². The highest BCUT2D eigenvalue weighted by Crippen LogP contribution is 2.22. The zero-order valence-electron chi connectivity index (χ0n) is 11.8. The van der Waals surface area contributed by atoms with E-state index in [4.69, 9.17) is 0 Å². The highest BCUT2D eigenvalue weighted by Gasteiger charge is 2.15. The normalized spacial score (nSPS) is 15.8. The van der Waals surface area contributed by atoms with Crippen LogP contribution in [0.1, 0.15) is 44.7 Å². The van der Waals surface area contributed by atoms with Crippen molar-refractivity contribution in [1.82, 2.24) is 10.3 Å². The predicted molar refractivity (Wildman–Crippen MR) is 79.7 cm³/mol. The van der Waals surface area contributed by atoms with Gasteiger partial charge >= 0.3 is 0 Å². The van der Waals surface area contributed by atoms with Crippen molar-refractivity contribution in [3.8, 4) is 0 Å². The molecule has 0 saturated heterocycles. The highest BCUT2D eigenvalue weighted by atomic mass is 32.1. The van der Waals surface area contributed by atoms with E-state index in [-0.39, 0.29) is 18.2 Å². The van der Waals surface area contributed by atoms with Crippen LogP contribution in [0.5, 0.6) is 0 Å². The molecule has 1 heterocycles. The first-order valence-electron chi connectivity index (χ1n) is 7.12. The first kappa shape index (κ1) is 15.0. The Labute approximate surface area is 123 Å². The topological polar surface area (TPSA) is 71.1 Å². The van der Waals surface area contributed by atoms with Gasteiger partial charge in [0.2, 0.25) is 11.8 Å². The van der Waals surface area contributed by atoms with Crippen molar-refractivity contribution >= 4 is 28.3 Å². The van der Waals surface area contributed by atoms with Crippen molar-refractivity contribution in [1.29, 1.82) is 0 Å². The van der Waals surface area contributed by atoms with Gasteiger partial charge in [-0.1, -0.05) is 19.3 Å². The standard InChI is InChI=1S/C14H21N3O2S/c1-10(18)16-14-17-12(9-20-14)7-13(19)15-8-11-5-3-2-4-6-11/h9,11H,2-8H2,1H3,(H,15,19)(H,16,17,18). The Kier molecular flexibility index (Phi) is 5.52. The number of nitrogens with one attached hydrogen (secondary N) is 2. The molecule has 2 amide bonds. The second-order valence-electron chi connectivity index (χ2n) is 5.31. The zero-order chi connectivity index (χ0) is 14.4. The molecule has 1 saturated carbocycles. The number of thiazole rings is 1. The van der Waals surface area contributed by atoms with Gasteiger partial charge in [-0.05, 0) is 18.8 Å². The molecule has 2 rings (SSSR count). The van der Waals surface area contributed by atoms with E-state index >= 15 is 0 Å². The maximum atomic E-state index is 11.9. The Morgan fingerprint density at radius 3 is 2.80 bits per heavy atom. The maximum absolute atomic E-state index is 11.9. The lowest BCUT2D eigenvalue weighted by molar-refractivity contribution is -0.120. The number of aromatic nitrogens is 1. The minimum Gasteiger partial charge on any atom is -0.355 e. The lowest BCUT2D eigenvalue weighted by Crippen LogP contribution is -2.31. The van der Waals surface area contributed by atoms with Gasteiger partial charge in [0.05, 0.1) is 12.1 Å². The van der Waals surface area contributed by atoms with Crippen LogP contribution in [0.4, 0.5) is 5.13 Å². The van der Waals surface area contributed by atoms with E-state index in [1.54, 1.807) is 0 Å². The third kappa shape index (κ3) is 4.92. The molecule has 2 N–H and O–H groups in total. The average molecular weight is 295 g/mol. The number of carbonyl (C=O) groups is 2. The van der Waals surface area contributed by atoms with Crippen LogP contribution in [0.15, 0.2) is 5.38 Å². The van der Waals surface area contributed by atoms with E-state index in [1.807, 2.05) is 5.38 Å². The van der Waals surface area contributed by atoms with Crippen molar-refractivity contribution in [3.05, 3.63) is 11.1 Å². The summed E-state index contributed by atoms with van der Waals surface area (Å²) in [5.74, 6) is 0.501. The minimum atomic E-state index is -0.146. The lowest BCUT2D eigenvalue weighted by atomic mass is 9.89. The number of carbonyl (C=O) groups excluding carboxylic acids is 2. The molecule has 0 aromatic carbocycles. The molecule has 110 valence electrons.